The molecule has 0 heterocycles. The highest BCUT2D eigenvalue weighted by atomic mass is 16.6. The molecule has 0 aromatic heterocycles. The van der Waals surface area contributed by atoms with E-state index in [2.05, 4.69) is 17.4 Å². The SMILES string of the molecule is CC(C)(C)OC(=O)NC12CCC(Cc3ccc(C=O)cc3)(CC1)CC2. The summed E-state index contributed by atoms with van der Waals surface area (Å²) in [6.07, 6.45) is 8.16. The van der Waals surface area contributed by atoms with E-state index in [1.54, 1.807) is 0 Å². The molecule has 0 atom stereocenters. The van der Waals surface area contributed by atoms with Gasteiger partial charge in [0.05, 0.1) is 0 Å². The van der Waals surface area contributed by atoms with E-state index in [0.717, 1.165) is 56.8 Å². The number of benzene rings is 1. The van der Waals surface area contributed by atoms with Crippen LogP contribution in [-0.2, 0) is 11.2 Å². The molecule has 4 nitrogen and oxygen atoms in total. The van der Waals surface area contributed by atoms with Gasteiger partial charge in [-0.05, 0) is 76.7 Å². The summed E-state index contributed by atoms with van der Waals surface area (Å²) in [6, 6.07) is 7.96. The smallest absolute Gasteiger partial charge is 0.408 e. The first-order chi connectivity index (χ1) is 11.7. The van der Waals surface area contributed by atoms with Crippen LogP contribution in [0, 0.1) is 5.41 Å². The molecule has 4 rings (SSSR count). The lowest BCUT2D eigenvalue weighted by atomic mass is 9.55. The van der Waals surface area contributed by atoms with Gasteiger partial charge in [-0.2, -0.15) is 0 Å². The van der Waals surface area contributed by atoms with Gasteiger partial charge in [-0.25, -0.2) is 4.79 Å². The quantitative estimate of drug-likeness (QED) is 0.809. The van der Waals surface area contributed by atoms with Crippen LogP contribution in [0.5, 0.6) is 0 Å². The molecule has 3 fully saturated rings. The molecule has 25 heavy (non-hydrogen) atoms. The van der Waals surface area contributed by atoms with Crippen molar-refractivity contribution in [1.29, 1.82) is 0 Å². The number of hydrogen-bond acceptors (Lipinski definition) is 3. The molecule has 0 saturated heterocycles. The zero-order valence-electron chi connectivity index (χ0n) is 15.6. The molecule has 1 aromatic carbocycles. The van der Waals surface area contributed by atoms with Crippen molar-refractivity contribution in [2.45, 2.75) is 76.9 Å². The summed E-state index contributed by atoms with van der Waals surface area (Å²) in [5.74, 6) is 0. The first kappa shape index (κ1) is 18.0. The molecule has 3 saturated carbocycles. The molecule has 136 valence electrons. The lowest BCUT2D eigenvalue weighted by molar-refractivity contribution is 0.00450. The van der Waals surface area contributed by atoms with Crippen LogP contribution in [-0.4, -0.2) is 23.5 Å². The van der Waals surface area contributed by atoms with Gasteiger partial charge < -0.3 is 10.1 Å². The fourth-order valence-electron chi connectivity index (χ4n) is 4.38. The van der Waals surface area contributed by atoms with E-state index < -0.39 is 5.60 Å². The Morgan fingerprint density at radius 2 is 1.64 bits per heavy atom. The normalized spacial score (nSPS) is 28.4. The number of carbonyl (C=O) groups excluding carboxylic acids is 2. The summed E-state index contributed by atoms with van der Waals surface area (Å²) in [5.41, 5.74) is 1.85. The van der Waals surface area contributed by atoms with Crippen molar-refractivity contribution in [2.75, 3.05) is 0 Å². The maximum absolute atomic E-state index is 12.2. The van der Waals surface area contributed by atoms with Gasteiger partial charge in [0.1, 0.15) is 11.9 Å². The Balaban J connectivity index is 1.60. The number of alkyl carbamates (subject to hydrolysis) is 1. The van der Waals surface area contributed by atoms with Crippen molar-refractivity contribution in [3.63, 3.8) is 0 Å². The number of hydrogen-bond donors (Lipinski definition) is 1. The second kappa shape index (κ2) is 6.47. The molecule has 3 aliphatic carbocycles. The molecular weight excluding hydrogens is 314 g/mol. The second-order valence-electron chi connectivity index (χ2n) is 8.94. The maximum atomic E-state index is 12.2. The molecule has 0 spiro atoms. The largest absolute Gasteiger partial charge is 0.444 e. The summed E-state index contributed by atoms with van der Waals surface area (Å²) in [4.78, 5) is 23.0. The van der Waals surface area contributed by atoms with Gasteiger partial charge in [0.25, 0.3) is 0 Å². The van der Waals surface area contributed by atoms with Crippen LogP contribution >= 0.6 is 0 Å². The number of fused-ring (bicyclic) bond motifs is 3. The fourth-order valence-corrected chi connectivity index (χ4v) is 4.38. The molecule has 1 aromatic rings. The van der Waals surface area contributed by atoms with Crippen LogP contribution in [0.4, 0.5) is 4.79 Å². The summed E-state index contributed by atoms with van der Waals surface area (Å²) >= 11 is 0. The van der Waals surface area contributed by atoms with Crippen LogP contribution in [0.25, 0.3) is 0 Å². The average molecular weight is 343 g/mol. The number of aldehydes is 1. The maximum Gasteiger partial charge on any atom is 0.408 e. The van der Waals surface area contributed by atoms with Crippen LogP contribution in [0.15, 0.2) is 24.3 Å². The minimum absolute atomic E-state index is 0.0779. The zero-order chi connectivity index (χ0) is 18.1. The summed E-state index contributed by atoms with van der Waals surface area (Å²) in [6.45, 7) is 5.69. The molecule has 1 amide bonds. The Hall–Kier alpha value is -1.84. The fraction of sp³-hybridized carbons (Fsp3) is 0.619. The van der Waals surface area contributed by atoms with Crippen molar-refractivity contribution >= 4 is 12.4 Å². The summed E-state index contributed by atoms with van der Waals surface area (Å²) in [7, 11) is 0. The predicted molar refractivity (Wildman–Crippen MR) is 97.8 cm³/mol. The molecule has 4 heteroatoms. The highest BCUT2D eigenvalue weighted by molar-refractivity contribution is 5.74. The average Bonchev–Trinajstić information content (AvgIpc) is 2.55. The molecule has 1 N–H and O–H groups in total. The zero-order valence-corrected chi connectivity index (χ0v) is 15.6. The van der Waals surface area contributed by atoms with E-state index in [4.69, 9.17) is 4.74 Å². The van der Waals surface area contributed by atoms with Gasteiger partial charge in [0.15, 0.2) is 0 Å². The van der Waals surface area contributed by atoms with Crippen molar-refractivity contribution in [1.82, 2.24) is 5.32 Å². The molecule has 0 aliphatic heterocycles. The third kappa shape index (κ3) is 4.23. The van der Waals surface area contributed by atoms with E-state index in [9.17, 15) is 9.59 Å². The van der Waals surface area contributed by atoms with Gasteiger partial charge in [0.2, 0.25) is 0 Å². The summed E-state index contributed by atoms with van der Waals surface area (Å²) in [5, 5.41) is 3.17. The van der Waals surface area contributed by atoms with Crippen molar-refractivity contribution < 1.29 is 14.3 Å². The van der Waals surface area contributed by atoms with Crippen molar-refractivity contribution in [3.05, 3.63) is 35.4 Å². The van der Waals surface area contributed by atoms with E-state index in [1.807, 2.05) is 32.9 Å². The van der Waals surface area contributed by atoms with E-state index in [0.29, 0.717) is 5.41 Å². The second-order valence-corrected chi connectivity index (χ2v) is 8.94. The number of amides is 1. The molecule has 0 unspecified atom stereocenters. The standard InChI is InChI=1S/C21H29NO3/c1-19(2,3)25-18(24)22-21-11-8-20(9-12-21,10-13-21)14-16-4-6-17(15-23)7-5-16/h4-7,15H,8-14H2,1-3H3,(H,22,24). The Kier molecular flexibility index (Phi) is 4.65. The molecular formula is C21H29NO3. The Labute approximate surface area is 150 Å². The highest BCUT2D eigenvalue weighted by Crippen LogP contribution is 2.53. The van der Waals surface area contributed by atoms with Crippen molar-refractivity contribution in [3.8, 4) is 0 Å². The predicted octanol–water partition coefficient (Wildman–Crippen LogP) is 4.66. The Bertz CT molecular complexity index is 618. The van der Waals surface area contributed by atoms with Crippen LogP contribution in [0.3, 0.4) is 0 Å². The summed E-state index contributed by atoms with van der Waals surface area (Å²) < 4.78 is 5.45. The third-order valence-electron chi connectivity index (χ3n) is 5.86. The van der Waals surface area contributed by atoms with Crippen LogP contribution < -0.4 is 5.32 Å². The topological polar surface area (TPSA) is 55.4 Å². The van der Waals surface area contributed by atoms with E-state index >= 15 is 0 Å². The minimum Gasteiger partial charge on any atom is -0.444 e. The first-order valence-corrected chi connectivity index (χ1v) is 9.29. The Morgan fingerprint density at radius 1 is 1.08 bits per heavy atom. The number of rotatable bonds is 4. The monoisotopic (exact) mass is 343 g/mol. The lowest BCUT2D eigenvalue weighted by Crippen LogP contribution is -2.57. The molecule has 0 radical (unpaired) electrons. The Morgan fingerprint density at radius 3 is 2.12 bits per heavy atom. The number of nitrogens with one attached hydrogen (secondary N) is 1. The van der Waals surface area contributed by atoms with Gasteiger partial charge in [-0.1, -0.05) is 24.3 Å². The molecule has 2 bridgehead atoms. The number of ether oxygens (including phenoxy) is 1. The van der Waals surface area contributed by atoms with Gasteiger partial charge in [-0.15, -0.1) is 0 Å². The van der Waals surface area contributed by atoms with Crippen molar-refractivity contribution in [2.24, 2.45) is 5.41 Å². The van der Waals surface area contributed by atoms with Gasteiger partial charge >= 0.3 is 6.09 Å². The molecule has 3 aliphatic rings. The van der Waals surface area contributed by atoms with E-state index in [-0.39, 0.29) is 11.6 Å². The van der Waals surface area contributed by atoms with E-state index in [1.165, 1.54) is 5.56 Å². The van der Waals surface area contributed by atoms with Crippen LogP contribution in [0.2, 0.25) is 0 Å². The van der Waals surface area contributed by atoms with Gasteiger partial charge in [0, 0.05) is 11.1 Å². The van der Waals surface area contributed by atoms with Crippen LogP contribution in [0.1, 0.15) is 75.2 Å². The van der Waals surface area contributed by atoms with Gasteiger partial charge in [-0.3, -0.25) is 4.79 Å². The third-order valence-corrected chi connectivity index (χ3v) is 5.86. The lowest BCUT2D eigenvalue weighted by Gasteiger charge is -2.53. The minimum atomic E-state index is -0.457. The first-order valence-electron chi connectivity index (χ1n) is 9.29. The highest BCUT2D eigenvalue weighted by Gasteiger charge is 2.49. The number of carbonyl (C=O) groups is 2.